The lowest BCUT2D eigenvalue weighted by molar-refractivity contribution is -0.0378. The van der Waals surface area contributed by atoms with E-state index in [2.05, 4.69) is 37.5 Å². The molecule has 1 fully saturated rings. The summed E-state index contributed by atoms with van der Waals surface area (Å²) in [4.78, 5) is 14.5. The van der Waals surface area contributed by atoms with E-state index in [1.54, 1.807) is 0 Å². The lowest BCUT2D eigenvalue weighted by Gasteiger charge is -2.31. The molecule has 1 saturated heterocycles. The summed E-state index contributed by atoms with van der Waals surface area (Å²) in [6.45, 7) is 8.62. The van der Waals surface area contributed by atoms with Crippen molar-refractivity contribution in [3.05, 3.63) is 35.9 Å². The Bertz CT molecular complexity index is 576. The van der Waals surface area contributed by atoms with Crippen molar-refractivity contribution in [2.75, 3.05) is 19.7 Å². The maximum Gasteiger partial charge on any atom is 0.136 e. The molecule has 114 valence electrons. The van der Waals surface area contributed by atoms with E-state index in [4.69, 9.17) is 4.74 Å². The molecule has 2 aromatic heterocycles. The Labute approximate surface area is 125 Å². The molecule has 1 aliphatic heterocycles. The Morgan fingerprint density at radius 1 is 1.43 bits per heavy atom. The molecule has 0 radical (unpaired) electrons. The predicted octanol–water partition coefficient (Wildman–Crippen LogP) is 1.90. The molecule has 1 atom stereocenters. The summed E-state index contributed by atoms with van der Waals surface area (Å²) in [6.07, 6.45) is 6.96. The molecule has 0 amide bonds. The molecule has 2 aromatic rings. The van der Waals surface area contributed by atoms with E-state index in [0.717, 1.165) is 56.5 Å². The van der Waals surface area contributed by atoms with Crippen molar-refractivity contribution in [1.29, 1.82) is 0 Å². The smallest absolute Gasteiger partial charge is 0.136 e. The van der Waals surface area contributed by atoms with Crippen LogP contribution < -0.4 is 0 Å². The number of nitrogens with one attached hydrogen (secondary N) is 1. The van der Waals surface area contributed by atoms with Crippen molar-refractivity contribution >= 4 is 0 Å². The molecular formula is C15H23N5O. The molecule has 0 aromatic carbocycles. The minimum absolute atomic E-state index is 0.0297. The number of ether oxygens (including phenoxy) is 1. The zero-order valence-electron chi connectivity index (χ0n) is 12.7. The average molecular weight is 289 g/mol. The summed E-state index contributed by atoms with van der Waals surface area (Å²) in [7, 11) is 0. The molecule has 3 rings (SSSR count). The topological polar surface area (TPSA) is 59.0 Å². The number of hydrogen-bond acceptors (Lipinski definition) is 4. The minimum Gasteiger partial charge on any atom is -0.368 e. The molecule has 3 heterocycles. The molecule has 6 heteroatoms. The van der Waals surface area contributed by atoms with Gasteiger partial charge < -0.3 is 14.3 Å². The van der Waals surface area contributed by atoms with E-state index in [9.17, 15) is 0 Å². The standard InChI is InChI=1S/C15H23N5O/c1-3-5-20-6-4-16-14(20)11-19-7-8-21-13(10-19)15-17-9-12(2)18-15/h4,6,9,13H,3,5,7-8,10-11H2,1-2H3,(H,17,18)/t13-/m1/s1. The maximum atomic E-state index is 5.84. The van der Waals surface area contributed by atoms with Gasteiger partial charge in [-0.2, -0.15) is 0 Å². The fourth-order valence-electron chi connectivity index (χ4n) is 2.74. The van der Waals surface area contributed by atoms with Crippen LogP contribution in [0.1, 0.15) is 36.8 Å². The summed E-state index contributed by atoms with van der Waals surface area (Å²) < 4.78 is 8.08. The number of morpholine rings is 1. The van der Waals surface area contributed by atoms with E-state index >= 15 is 0 Å². The predicted molar refractivity (Wildman–Crippen MR) is 79.8 cm³/mol. The van der Waals surface area contributed by atoms with Crippen molar-refractivity contribution < 1.29 is 4.74 Å². The Morgan fingerprint density at radius 3 is 3.10 bits per heavy atom. The van der Waals surface area contributed by atoms with Crippen LogP contribution in [0.15, 0.2) is 18.6 Å². The average Bonchev–Trinajstić information content (AvgIpc) is 3.10. The van der Waals surface area contributed by atoms with Gasteiger partial charge in [-0.3, -0.25) is 4.90 Å². The van der Waals surface area contributed by atoms with Crippen molar-refractivity contribution in [2.45, 2.75) is 39.5 Å². The first-order chi connectivity index (χ1) is 10.3. The molecule has 0 bridgehead atoms. The fourth-order valence-corrected chi connectivity index (χ4v) is 2.74. The van der Waals surface area contributed by atoms with Gasteiger partial charge in [0, 0.05) is 43.9 Å². The SMILES string of the molecule is CCCn1ccnc1CN1CCO[C@@H](c2ncc(C)[nH]2)C1. The quantitative estimate of drug-likeness (QED) is 0.913. The molecule has 6 nitrogen and oxygen atoms in total. The number of rotatable bonds is 5. The largest absolute Gasteiger partial charge is 0.368 e. The third-order valence-corrected chi connectivity index (χ3v) is 3.81. The number of H-pyrrole nitrogens is 1. The Kier molecular flexibility index (Phi) is 4.36. The number of aryl methyl sites for hydroxylation is 2. The van der Waals surface area contributed by atoms with Crippen molar-refractivity contribution in [1.82, 2.24) is 24.4 Å². The molecule has 1 aliphatic rings. The number of aromatic nitrogens is 4. The van der Waals surface area contributed by atoms with Crippen LogP contribution in [-0.4, -0.2) is 44.1 Å². The van der Waals surface area contributed by atoms with Crippen LogP contribution in [0.4, 0.5) is 0 Å². The summed E-state index contributed by atoms with van der Waals surface area (Å²) in [5, 5.41) is 0. The van der Waals surface area contributed by atoms with Gasteiger partial charge in [-0.15, -0.1) is 0 Å². The van der Waals surface area contributed by atoms with Crippen LogP contribution in [0.3, 0.4) is 0 Å². The van der Waals surface area contributed by atoms with Gasteiger partial charge in [0.1, 0.15) is 17.8 Å². The van der Waals surface area contributed by atoms with Crippen LogP contribution >= 0.6 is 0 Å². The van der Waals surface area contributed by atoms with Crippen LogP contribution in [0.25, 0.3) is 0 Å². The number of nitrogens with zero attached hydrogens (tertiary/aromatic N) is 4. The van der Waals surface area contributed by atoms with Gasteiger partial charge in [-0.05, 0) is 13.3 Å². The highest BCUT2D eigenvalue weighted by Gasteiger charge is 2.24. The third-order valence-electron chi connectivity index (χ3n) is 3.81. The normalized spacial score (nSPS) is 20.0. The van der Waals surface area contributed by atoms with E-state index < -0.39 is 0 Å². The highest BCUT2D eigenvalue weighted by Crippen LogP contribution is 2.20. The van der Waals surface area contributed by atoms with Gasteiger partial charge in [0.15, 0.2) is 0 Å². The summed E-state index contributed by atoms with van der Waals surface area (Å²) in [5.41, 5.74) is 1.07. The molecule has 1 N–H and O–H groups in total. The molecule has 0 unspecified atom stereocenters. The first kappa shape index (κ1) is 14.3. The molecule has 0 aliphatic carbocycles. The lowest BCUT2D eigenvalue weighted by Crippen LogP contribution is -2.38. The second-order valence-corrected chi connectivity index (χ2v) is 5.58. The zero-order chi connectivity index (χ0) is 14.7. The van der Waals surface area contributed by atoms with Gasteiger partial charge >= 0.3 is 0 Å². The van der Waals surface area contributed by atoms with Crippen LogP contribution in [-0.2, 0) is 17.8 Å². The summed E-state index contributed by atoms with van der Waals surface area (Å²) >= 11 is 0. The van der Waals surface area contributed by atoms with Crippen molar-refractivity contribution in [2.24, 2.45) is 0 Å². The molecule has 0 spiro atoms. The Hall–Kier alpha value is -1.66. The maximum absolute atomic E-state index is 5.84. The molecule has 0 saturated carbocycles. The summed E-state index contributed by atoms with van der Waals surface area (Å²) in [6, 6.07) is 0. The first-order valence-electron chi connectivity index (χ1n) is 7.61. The van der Waals surface area contributed by atoms with Crippen molar-refractivity contribution in [3.8, 4) is 0 Å². The van der Waals surface area contributed by atoms with Gasteiger partial charge in [0.2, 0.25) is 0 Å². The zero-order valence-corrected chi connectivity index (χ0v) is 12.7. The van der Waals surface area contributed by atoms with Crippen LogP contribution in [0.5, 0.6) is 0 Å². The van der Waals surface area contributed by atoms with Crippen LogP contribution in [0.2, 0.25) is 0 Å². The second-order valence-electron chi connectivity index (χ2n) is 5.58. The monoisotopic (exact) mass is 289 g/mol. The lowest BCUT2D eigenvalue weighted by atomic mass is 10.2. The highest BCUT2D eigenvalue weighted by molar-refractivity contribution is 5.03. The molecular weight excluding hydrogens is 266 g/mol. The number of aromatic amines is 1. The number of hydrogen-bond donors (Lipinski definition) is 1. The fraction of sp³-hybridized carbons (Fsp3) is 0.600. The minimum atomic E-state index is 0.0297. The molecule has 21 heavy (non-hydrogen) atoms. The van der Waals surface area contributed by atoms with Gasteiger partial charge in [-0.25, -0.2) is 9.97 Å². The van der Waals surface area contributed by atoms with Crippen LogP contribution in [0, 0.1) is 6.92 Å². The first-order valence-corrected chi connectivity index (χ1v) is 7.61. The number of imidazole rings is 2. The van der Waals surface area contributed by atoms with Gasteiger partial charge in [0.25, 0.3) is 0 Å². The van der Waals surface area contributed by atoms with E-state index in [0.29, 0.717) is 0 Å². The highest BCUT2D eigenvalue weighted by atomic mass is 16.5. The third kappa shape index (κ3) is 3.33. The Balaban J connectivity index is 1.64. The second kappa shape index (κ2) is 6.41. The van der Waals surface area contributed by atoms with E-state index in [-0.39, 0.29) is 6.10 Å². The van der Waals surface area contributed by atoms with Gasteiger partial charge in [-0.1, -0.05) is 6.92 Å². The van der Waals surface area contributed by atoms with E-state index in [1.165, 1.54) is 0 Å². The van der Waals surface area contributed by atoms with E-state index in [1.807, 2.05) is 19.3 Å². The summed E-state index contributed by atoms with van der Waals surface area (Å²) in [5.74, 6) is 2.06. The van der Waals surface area contributed by atoms with Gasteiger partial charge in [0.05, 0.1) is 13.2 Å². The van der Waals surface area contributed by atoms with Crippen molar-refractivity contribution in [3.63, 3.8) is 0 Å². The Morgan fingerprint density at radius 2 is 2.33 bits per heavy atom.